The maximum atomic E-state index is 12.0. The van der Waals surface area contributed by atoms with Gasteiger partial charge in [-0.3, -0.25) is 10.1 Å². The van der Waals surface area contributed by atoms with E-state index in [2.05, 4.69) is 25.9 Å². The molecule has 1 amide bonds. The van der Waals surface area contributed by atoms with Crippen molar-refractivity contribution in [3.8, 4) is 0 Å². The van der Waals surface area contributed by atoms with E-state index in [1.54, 1.807) is 13.0 Å². The second-order valence-electron chi connectivity index (χ2n) is 3.83. The number of rotatable bonds is 4. The first-order chi connectivity index (χ1) is 9.12. The molecule has 4 N–H and O–H groups in total. The number of nitrogens with one attached hydrogen (secondary N) is 2. The zero-order chi connectivity index (χ0) is 13.8. The minimum atomic E-state index is -0.364. The van der Waals surface area contributed by atoms with Crippen molar-refractivity contribution in [2.45, 2.75) is 20.3 Å². The van der Waals surface area contributed by atoms with Gasteiger partial charge in [0, 0.05) is 11.3 Å². The predicted molar refractivity (Wildman–Crippen MR) is 68.4 cm³/mol. The number of hydrogen-bond donors (Lipinski definition) is 3. The van der Waals surface area contributed by atoms with E-state index < -0.39 is 0 Å². The lowest BCUT2D eigenvalue weighted by Gasteiger charge is -2.06. The summed E-state index contributed by atoms with van der Waals surface area (Å²) in [7, 11) is 0. The van der Waals surface area contributed by atoms with Crippen LogP contribution in [-0.4, -0.2) is 21.0 Å². The largest absolute Gasteiger partial charge is 0.328 e. The molecule has 2 rings (SSSR count). The van der Waals surface area contributed by atoms with Gasteiger partial charge in [-0.05, 0) is 25.5 Å². The number of nitrogen functional groups attached to an aromatic ring is 1. The first-order valence-electron chi connectivity index (χ1n) is 5.71. The molecule has 19 heavy (non-hydrogen) atoms. The molecule has 0 unspecified atom stereocenters. The standard InChI is InChI=1S/C11H14N6O2/c1-3-8-4-7(5-9(14-8)16-12)10(18)15-11-13-6(2)17-19-11/h4-5H,3,12H2,1-2H3,(H,14,16)(H,13,15,17,18). The third kappa shape index (κ3) is 3.05. The Morgan fingerprint density at radius 1 is 1.42 bits per heavy atom. The first-order valence-corrected chi connectivity index (χ1v) is 5.71. The average Bonchev–Trinajstić information content (AvgIpc) is 2.83. The number of nitrogens with zero attached hydrogens (tertiary/aromatic N) is 3. The van der Waals surface area contributed by atoms with Crippen LogP contribution in [0.4, 0.5) is 11.8 Å². The number of pyridine rings is 1. The molecule has 0 aliphatic carbocycles. The normalized spacial score (nSPS) is 10.3. The Labute approximate surface area is 109 Å². The SMILES string of the molecule is CCc1cc(C(=O)Nc2nc(C)no2)cc(NN)n1. The number of carbonyl (C=O) groups is 1. The van der Waals surface area contributed by atoms with Gasteiger partial charge in [0.25, 0.3) is 5.91 Å². The summed E-state index contributed by atoms with van der Waals surface area (Å²) in [6.07, 6.45) is 0.690. The highest BCUT2D eigenvalue weighted by atomic mass is 16.5. The van der Waals surface area contributed by atoms with Gasteiger partial charge in [0.15, 0.2) is 5.82 Å². The highest BCUT2D eigenvalue weighted by Gasteiger charge is 2.12. The molecular weight excluding hydrogens is 248 g/mol. The molecule has 0 spiro atoms. The van der Waals surface area contributed by atoms with Crippen LogP contribution in [0.15, 0.2) is 16.7 Å². The van der Waals surface area contributed by atoms with Crippen molar-refractivity contribution in [3.05, 3.63) is 29.2 Å². The van der Waals surface area contributed by atoms with Crippen molar-refractivity contribution in [1.29, 1.82) is 0 Å². The van der Waals surface area contributed by atoms with E-state index >= 15 is 0 Å². The minimum absolute atomic E-state index is 0.0552. The smallest absolute Gasteiger partial charge is 0.315 e. The molecule has 0 aliphatic heterocycles. The number of aromatic nitrogens is 3. The highest BCUT2D eigenvalue weighted by Crippen LogP contribution is 2.12. The molecule has 0 aromatic carbocycles. The number of amides is 1. The molecule has 0 fully saturated rings. The molecule has 0 radical (unpaired) electrons. The van der Waals surface area contributed by atoms with Gasteiger partial charge in [0.1, 0.15) is 5.82 Å². The van der Waals surface area contributed by atoms with Crippen LogP contribution >= 0.6 is 0 Å². The molecule has 2 heterocycles. The number of aryl methyl sites for hydroxylation is 2. The van der Waals surface area contributed by atoms with Crippen LogP contribution in [0.5, 0.6) is 0 Å². The lowest BCUT2D eigenvalue weighted by molar-refractivity contribution is 0.102. The van der Waals surface area contributed by atoms with Gasteiger partial charge in [-0.15, -0.1) is 0 Å². The molecule has 8 nitrogen and oxygen atoms in total. The van der Waals surface area contributed by atoms with E-state index in [9.17, 15) is 4.79 Å². The van der Waals surface area contributed by atoms with Gasteiger partial charge in [-0.2, -0.15) is 4.98 Å². The van der Waals surface area contributed by atoms with E-state index in [0.717, 1.165) is 5.69 Å². The highest BCUT2D eigenvalue weighted by molar-refractivity contribution is 6.03. The number of anilines is 2. The first kappa shape index (κ1) is 13.0. The third-order valence-corrected chi connectivity index (χ3v) is 2.40. The zero-order valence-electron chi connectivity index (χ0n) is 10.6. The molecule has 2 aromatic heterocycles. The Hall–Kier alpha value is -2.48. The summed E-state index contributed by atoms with van der Waals surface area (Å²) in [6.45, 7) is 3.60. The van der Waals surface area contributed by atoms with Gasteiger partial charge in [0.2, 0.25) is 0 Å². The lowest BCUT2D eigenvalue weighted by atomic mass is 10.2. The Balaban J connectivity index is 2.22. The molecule has 0 saturated heterocycles. The molecule has 0 saturated carbocycles. The Morgan fingerprint density at radius 2 is 2.21 bits per heavy atom. The monoisotopic (exact) mass is 262 g/mol. The Bertz CT molecular complexity index is 572. The fourth-order valence-electron chi connectivity index (χ4n) is 1.49. The van der Waals surface area contributed by atoms with Crippen LogP contribution in [-0.2, 0) is 6.42 Å². The molecular formula is C11H14N6O2. The van der Waals surface area contributed by atoms with E-state index in [1.807, 2.05) is 6.92 Å². The predicted octanol–water partition coefficient (Wildman–Crippen LogP) is 0.873. The van der Waals surface area contributed by atoms with Crippen molar-refractivity contribution in [3.63, 3.8) is 0 Å². The van der Waals surface area contributed by atoms with Crippen molar-refractivity contribution in [2.24, 2.45) is 5.84 Å². The summed E-state index contributed by atoms with van der Waals surface area (Å²) in [6, 6.07) is 3.27. The zero-order valence-corrected chi connectivity index (χ0v) is 10.6. The van der Waals surface area contributed by atoms with Gasteiger partial charge in [0.05, 0.1) is 0 Å². The lowest BCUT2D eigenvalue weighted by Crippen LogP contribution is -2.15. The van der Waals surface area contributed by atoms with Crippen LogP contribution in [0.2, 0.25) is 0 Å². The average molecular weight is 262 g/mol. The van der Waals surface area contributed by atoms with Crippen molar-refractivity contribution >= 4 is 17.7 Å². The van der Waals surface area contributed by atoms with E-state index in [4.69, 9.17) is 10.4 Å². The number of nitrogens with two attached hydrogens (primary N) is 1. The van der Waals surface area contributed by atoms with Crippen LogP contribution in [0.25, 0.3) is 0 Å². The summed E-state index contributed by atoms with van der Waals surface area (Å²) < 4.78 is 4.82. The second kappa shape index (κ2) is 5.44. The van der Waals surface area contributed by atoms with Gasteiger partial charge in [-0.25, -0.2) is 10.8 Å². The fourth-order valence-corrected chi connectivity index (χ4v) is 1.49. The van der Waals surface area contributed by atoms with Gasteiger partial charge >= 0.3 is 6.01 Å². The third-order valence-electron chi connectivity index (χ3n) is 2.40. The quantitative estimate of drug-likeness (QED) is 0.552. The Kier molecular flexibility index (Phi) is 3.71. The summed E-state index contributed by atoms with van der Waals surface area (Å²) in [5.74, 6) is 5.82. The molecule has 0 bridgehead atoms. The van der Waals surface area contributed by atoms with Crippen LogP contribution in [0.3, 0.4) is 0 Å². The summed E-state index contributed by atoms with van der Waals surface area (Å²) >= 11 is 0. The van der Waals surface area contributed by atoms with Crippen LogP contribution in [0.1, 0.15) is 28.8 Å². The maximum Gasteiger partial charge on any atom is 0.328 e. The number of hydrazine groups is 1. The van der Waals surface area contributed by atoms with Crippen molar-refractivity contribution in [1.82, 2.24) is 15.1 Å². The molecule has 2 aromatic rings. The van der Waals surface area contributed by atoms with Gasteiger partial charge < -0.3 is 9.95 Å². The Morgan fingerprint density at radius 3 is 2.79 bits per heavy atom. The van der Waals surface area contributed by atoms with Crippen molar-refractivity contribution in [2.75, 3.05) is 10.7 Å². The summed E-state index contributed by atoms with van der Waals surface area (Å²) in [4.78, 5) is 20.1. The second-order valence-corrected chi connectivity index (χ2v) is 3.83. The number of hydrogen-bond acceptors (Lipinski definition) is 7. The number of carbonyl (C=O) groups excluding carboxylic acids is 1. The molecule has 0 aliphatic rings. The molecule has 8 heteroatoms. The maximum absolute atomic E-state index is 12.0. The molecule has 100 valence electrons. The summed E-state index contributed by atoms with van der Waals surface area (Å²) in [5.41, 5.74) is 3.59. The van der Waals surface area contributed by atoms with Crippen LogP contribution < -0.4 is 16.6 Å². The van der Waals surface area contributed by atoms with Crippen LogP contribution in [0, 0.1) is 6.92 Å². The van der Waals surface area contributed by atoms with E-state index in [-0.39, 0.29) is 11.9 Å². The van der Waals surface area contributed by atoms with E-state index in [0.29, 0.717) is 23.6 Å². The summed E-state index contributed by atoms with van der Waals surface area (Å²) in [5, 5.41) is 6.09. The topological polar surface area (TPSA) is 119 Å². The molecule has 0 atom stereocenters. The van der Waals surface area contributed by atoms with Gasteiger partial charge in [-0.1, -0.05) is 12.1 Å². The van der Waals surface area contributed by atoms with Crippen molar-refractivity contribution < 1.29 is 9.32 Å². The fraction of sp³-hybridized carbons (Fsp3) is 0.273. The van der Waals surface area contributed by atoms with E-state index in [1.165, 1.54) is 6.07 Å². The minimum Gasteiger partial charge on any atom is -0.315 e.